The minimum atomic E-state index is -0.531. The highest BCUT2D eigenvalue weighted by atomic mass is 16.5. The van der Waals surface area contributed by atoms with Gasteiger partial charge >= 0.3 is 0 Å². The molecule has 1 aliphatic rings. The monoisotopic (exact) mass is 293 g/mol. The highest BCUT2D eigenvalue weighted by Gasteiger charge is 2.35. The predicted octanol–water partition coefficient (Wildman–Crippen LogP) is 1.83. The second-order valence-corrected chi connectivity index (χ2v) is 5.94. The topological polar surface area (TPSA) is 78.8 Å². The quantitative estimate of drug-likeness (QED) is 0.774. The highest BCUT2D eigenvalue weighted by molar-refractivity contribution is 5.78. The van der Waals surface area contributed by atoms with Crippen molar-refractivity contribution in [3.05, 3.63) is 24.3 Å². The van der Waals surface area contributed by atoms with Crippen molar-refractivity contribution in [3.63, 3.8) is 0 Å². The molecule has 2 unspecified atom stereocenters. The molecule has 5 heteroatoms. The van der Waals surface area contributed by atoms with Crippen LogP contribution in [-0.2, 0) is 4.79 Å². The molecular formula is C16H23NO4. The third-order valence-corrected chi connectivity index (χ3v) is 4.02. The summed E-state index contributed by atoms with van der Waals surface area (Å²) < 4.78 is 5.31. The second kappa shape index (κ2) is 6.80. The van der Waals surface area contributed by atoms with E-state index in [0.29, 0.717) is 5.92 Å². The average Bonchev–Trinajstić information content (AvgIpc) is 2.46. The first-order valence-electron chi connectivity index (χ1n) is 7.37. The number of rotatable bonds is 5. The number of carbonyl (C=O) groups is 1. The van der Waals surface area contributed by atoms with Crippen LogP contribution >= 0.6 is 0 Å². The van der Waals surface area contributed by atoms with Crippen molar-refractivity contribution in [2.45, 2.75) is 38.1 Å². The van der Waals surface area contributed by atoms with Crippen LogP contribution in [0.1, 0.15) is 32.6 Å². The van der Waals surface area contributed by atoms with Crippen LogP contribution in [0, 0.1) is 5.92 Å². The van der Waals surface area contributed by atoms with E-state index in [9.17, 15) is 15.0 Å². The van der Waals surface area contributed by atoms with Gasteiger partial charge in [0.15, 0.2) is 18.1 Å². The fourth-order valence-corrected chi connectivity index (χ4v) is 3.01. The number of nitrogens with one attached hydrogen (secondary N) is 1. The summed E-state index contributed by atoms with van der Waals surface area (Å²) in [6, 6.07) is 6.52. The molecule has 3 N–H and O–H groups in total. The number of aliphatic hydroxyl groups excluding tert-OH is 1. The Labute approximate surface area is 124 Å². The van der Waals surface area contributed by atoms with Gasteiger partial charge in [-0.1, -0.05) is 31.9 Å². The van der Waals surface area contributed by atoms with Crippen molar-refractivity contribution in [2.75, 3.05) is 13.2 Å². The summed E-state index contributed by atoms with van der Waals surface area (Å²) in [6.45, 7) is 1.90. The van der Waals surface area contributed by atoms with Crippen molar-refractivity contribution in [2.24, 2.45) is 5.92 Å². The molecule has 0 aliphatic heterocycles. The SMILES string of the molecule is CC1CCCC(CO)(NC(=O)COc2ccccc2O)C1. The molecule has 2 atom stereocenters. The fourth-order valence-electron chi connectivity index (χ4n) is 3.01. The fraction of sp³-hybridized carbons (Fsp3) is 0.562. The normalized spacial score (nSPS) is 25.3. The van der Waals surface area contributed by atoms with Gasteiger partial charge in [0.25, 0.3) is 5.91 Å². The molecule has 0 saturated heterocycles. The van der Waals surface area contributed by atoms with Crippen LogP contribution in [0.3, 0.4) is 0 Å². The second-order valence-electron chi connectivity index (χ2n) is 5.94. The molecule has 0 radical (unpaired) electrons. The zero-order valence-corrected chi connectivity index (χ0v) is 12.3. The summed E-state index contributed by atoms with van der Waals surface area (Å²) in [5.41, 5.74) is -0.531. The average molecular weight is 293 g/mol. The third kappa shape index (κ3) is 4.11. The Morgan fingerprint density at radius 2 is 2.24 bits per heavy atom. The first-order chi connectivity index (χ1) is 10.0. The molecule has 21 heavy (non-hydrogen) atoms. The number of aromatic hydroxyl groups is 1. The first kappa shape index (κ1) is 15.6. The minimum Gasteiger partial charge on any atom is -0.504 e. The van der Waals surface area contributed by atoms with Gasteiger partial charge in [0.2, 0.25) is 0 Å². The molecule has 2 rings (SSSR count). The molecule has 1 aliphatic carbocycles. The van der Waals surface area contributed by atoms with Gasteiger partial charge in [0, 0.05) is 0 Å². The molecule has 1 amide bonds. The summed E-state index contributed by atoms with van der Waals surface area (Å²) in [5.74, 6) is 0.503. The van der Waals surface area contributed by atoms with Gasteiger partial charge < -0.3 is 20.3 Å². The van der Waals surface area contributed by atoms with Gasteiger partial charge in [-0.15, -0.1) is 0 Å². The number of amides is 1. The standard InChI is InChI=1S/C16H23NO4/c1-12-5-4-8-16(9-12,11-18)17-15(20)10-21-14-7-3-2-6-13(14)19/h2-3,6-7,12,18-19H,4-5,8-11H2,1H3,(H,17,20). The number of ether oxygens (including phenoxy) is 1. The largest absolute Gasteiger partial charge is 0.504 e. The van der Waals surface area contributed by atoms with Crippen molar-refractivity contribution in [1.82, 2.24) is 5.32 Å². The zero-order valence-electron chi connectivity index (χ0n) is 12.3. The van der Waals surface area contributed by atoms with E-state index in [4.69, 9.17) is 4.74 Å². The van der Waals surface area contributed by atoms with E-state index in [-0.39, 0.29) is 30.6 Å². The summed E-state index contributed by atoms with van der Waals surface area (Å²) in [6.07, 6.45) is 3.70. The van der Waals surface area contributed by atoms with Gasteiger partial charge in [-0.2, -0.15) is 0 Å². The van der Waals surface area contributed by atoms with Gasteiger partial charge in [0.05, 0.1) is 12.1 Å². The lowest BCUT2D eigenvalue weighted by atomic mass is 9.77. The third-order valence-electron chi connectivity index (χ3n) is 4.02. The number of hydrogen-bond donors (Lipinski definition) is 3. The molecule has 1 fully saturated rings. The number of para-hydroxylation sites is 2. The summed E-state index contributed by atoms with van der Waals surface area (Å²) >= 11 is 0. The Morgan fingerprint density at radius 1 is 1.48 bits per heavy atom. The molecule has 0 heterocycles. The molecule has 0 aromatic heterocycles. The lowest BCUT2D eigenvalue weighted by molar-refractivity contribution is -0.126. The molecule has 1 aromatic rings. The van der Waals surface area contributed by atoms with E-state index in [1.807, 2.05) is 0 Å². The maximum Gasteiger partial charge on any atom is 0.258 e. The van der Waals surface area contributed by atoms with Gasteiger partial charge in [-0.25, -0.2) is 0 Å². The Balaban J connectivity index is 1.90. The molecule has 116 valence electrons. The number of benzene rings is 1. The van der Waals surface area contributed by atoms with E-state index in [2.05, 4.69) is 12.2 Å². The van der Waals surface area contributed by atoms with Crippen LogP contribution in [0.5, 0.6) is 11.5 Å². The molecule has 5 nitrogen and oxygen atoms in total. The molecule has 1 saturated carbocycles. The maximum atomic E-state index is 12.0. The molecule has 1 aromatic carbocycles. The molecular weight excluding hydrogens is 270 g/mol. The zero-order chi connectivity index (χ0) is 15.3. The van der Waals surface area contributed by atoms with Gasteiger partial charge in [-0.3, -0.25) is 4.79 Å². The van der Waals surface area contributed by atoms with Crippen LogP contribution in [0.15, 0.2) is 24.3 Å². The van der Waals surface area contributed by atoms with Crippen LogP contribution in [0.25, 0.3) is 0 Å². The minimum absolute atomic E-state index is 0.00783. The maximum absolute atomic E-state index is 12.0. The van der Waals surface area contributed by atoms with Crippen molar-refractivity contribution < 1.29 is 19.7 Å². The van der Waals surface area contributed by atoms with Gasteiger partial charge in [-0.05, 0) is 30.9 Å². The molecule has 0 bridgehead atoms. The smallest absolute Gasteiger partial charge is 0.258 e. The van der Waals surface area contributed by atoms with E-state index >= 15 is 0 Å². The Bertz CT molecular complexity index is 491. The van der Waals surface area contributed by atoms with Crippen LogP contribution < -0.4 is 10.1 Å². The Morgan fingerprint density at radius 3 is 2.90 bits per heavy atom. The number of hydrogen-bond acceptors (Lipinski definition) is 4. The van der Waals surface area contributed by atoms with E-state index in [1.165, 1.54) is 6.07 Å². The summed E-state index contributed by atoms with van der Waals surface area (Å²) in [4.78, 5) is 12.0. The van der Waals surface area contributed by atoms with Crippen molar-refractivity contribution in [1.29, 1.82) is 0 Å². The van der Waals surface area contributed by atoms with E-state index < -0.39 is 5.54 Å². The van der Waals surface area contributed by atoms with E-state index in [0.717, 1.165) is 25.7 Å². The van der Waals surface area contributed by atoms with Crippen LogP contribution in [-0.4, -0.2) is 34.9 Å². The number of carbonyl (C=O) groups excluding carboxylic acids is 1. The van der Waals surface area contributed by atoms with Crippen molar-refractivity contribution in [3.8, 4) is 11.5 Å². The lowest BCUT2D eigenvalue weighted by Gasteiger charge is -2.39. The number of phenols is 1. The predicted molar refractivity (Wildman–Crippen MR) is 79.2 cm³/mol. The van der Waals surface area contributed by atoms with Crippen LogP contribution in [0.2, 0.25) is 0 Å². The van der Waals surface area contributed by atoms with Crippen molar-refractivity contribution >= 4 is 5.91 Å². The summed E-state index contributed by atoms with van der Waals surface area (Å²) in [5, 5.41) is 22.1. The summed E-state index contributed by atoms with van der Waals surface area (Å²) in [7, 11) is 0. The highest BCUT2D eigenvalue weighted by Crippen LogP contribution is 2.32. The van der Waals surface area contributed by atoms with Gasteiger partial charge in [0.1, 0.15) is 0 Å². The number of phenolic OH excluding ortho intramolecular Hbond substituents is 1. The van der Waals surface area contributed by atoms with E-state index in [1.54, 1.807) is 18.2 Å². The first-order valence-corrected chi connectivity index (χ1v) is 7.37. The molecule has 0 spiro atoms. The Kier molecular flexibility index (Phi) is 5.07. The Hall–Kier alpha value is -1.75. The lowest BCUT2D eigenvalue weighted by Crippen LogP contribution is -2.55. The number of aliphatic hydroxyl groups is 1. The van der Waals surface area contributed by atoms with Crippen LogP contribution in [0.4, 0.5) is 0 Å².